The fourth-order valence-corrected chi connectivity index (χ4v) is 1.68. The summed E-state index contributed by atoms with van der Waals surface area (Å²) >= 11 is 0. The van der Waals surface area contributed by atoms with Gasteiger partial charge in [-0.1, -0.05) is 6.07 Å². The molecule has 0 atom stereocenters. The molecule has 0 aliphatic heterocycles. The first-order chi connectivity index (χ1) is 9.06. The zero-order valence-electron chi connectivity index (χ0n) is 10.7. The summed E-state index contributed by atoms with van der Waals surface area (Å²) in [5, 5.41) is 17.4. The molecule has 100 valence electrons. The quantitative estimate of drug-likeness (QED) is 0.791. The van der Waals surface area contributed by atoms with E-state index in [2.05, 4.69) is 0 Å². The number of ether oxygens (including phenoxy) is 1. The molecule has 5 nitrogen and oxygen atoms in total. The van der Waals surface area contributed by atoms with Crippen LogP contribution in [0, 0.1) is 11.3 Å². The Morgan fingerprint density at radius 2 is 2.00 bits per heavy atom. The van der Waals surface area contributed by atoms with E-state index in [1.54, 1.807) is 25.1 Å². The van der Waals surface area contributed by atoms with Gasteiger partial charge in [0.1, 0.15) is 0 Å². The van der Waals surface area contributed by atoms with E-state index >= 15 is 0 Å². The van der Waals surface area contributed by atoms with Crippen molar-refractivity contribution in [1.29, 1.82) is 5.26 Å². The number of esters is 1. The lowest BCUT2D eigenvalue weighted by Crippen LogP contribution is -2.07. The number of hydrogen-bond donors (Lipinski definition) is 1. The van der Waals surface area contributed by atoms with Crippen LogP contribution in [0.5, 0.6) is 0 Å². The minimum absolute atomic E-state index is 0.0156. The topological polar surface area (TPSA) is 87.4 Å². The Hall–Kier alpha value is -2.35. The first kappa shape index (κ1) is 14.7. The van der Waals surface area contributed by atoms with E-state index in [0.717, 1.165) is 5.56 Å². The van der Waals surface area contributed by atoms with Crippen LogP contribution < -0.4 is 0 Å². The van der Waals surface area contributed by atoms with Crippen molar-refractivity contribution >= 4 is 11.9 Å². The molecule has 0 fully saturated rings. The van der Waals surface area contributed by atoms with Crippen LogP contribution in [0.3, 0.4) is 0 Å². The molecular formula is C14H15NO4. The minimum Gasteiger partial charge on any atom is -0.481 e. The summed E-state index contributed by atoms with van der Waals surface area (Å²) in [4.78, 5) is 22.2. The van der Waals surface area contributed by atoms with Crippen molar-refractivity contribution in [3.8, 4) is 6.07 Å². The lowest BCUT2D eigenvalue weighted by atomic mass is 10.0. The summed E-state index contributed by atoms with van der Waals surface area (Å²) in [6.45, 7) is 1.98. The van der Waals surface area contributed by atoms with Gasteiger partial charge in [-0.25, -0.2) is 4.79 Å². The van der Waals surface area contributed by atoms with Gasteiger partial charge in [0.2, 0.25) is 0 Å². The molecule has 1 aromatic carbocycles. The van der Waals surface area contributed by atoms with Gasteiger partial charge in [0.15, 0.2) is 0 Å². The number of nitrogens with zero attached hydrogens (tertiary/aromatic N) is 1. The molecule has 0 amide bonds. The van der Waals surface area contributed by atoms with Gasteiger partial charge >= 0.3 is 11.9 Å². The van der Waals surface area contributed by atoms with Gasteiger partial charge in [0.25, 0.3) is 0 Å². The van der Waals surface area contributed by atoms with Crippen LogP contribution in [-0.4, -0.2) is 23.7 Å². The molecule has 0 aliphatic rings. The van der Waals surface area contributed by atoms with Crippen molar-refractivity contribution in [2.45, 2.75) is 26.2 Å². The average Bonchev–Trinajstić information content (AvgIpc) is 2.37. The molecule has 1 N–H and O–H groups in total. The highest BCUT2D eigenvalue weighted by molar-refractivity contribution is 5.89. The van der Waals surface area contributed by atoms with E-state index < -0.39 is 11.9 Å². The van der Waals surface area contributed by atoms with Crippen LogP contribution >= 0.6 is 0 Å². The van der Waals surface area contributed by atoms with Crippen molar-refractivity contribution in [2.24, 2.45) is 0 Å². The van der Waals surface area contributed by atoms with Crippen molar-refractivity contribution < 1.29 is 19.4 Å². The maximum absolute atomic E-state index is 11.7. The van der Waals surface area contributed by atoms with Crippen LogP contribution in [0.1, 0.15) is 34.8 Å². The molecule has 0 unspecified atom stereocenters. The molecule has 0 aromatic heterocycles. The monoisotopic (exact) mass is 261 g/mol. The second-order valence-electron chi connectivity index (χ2n) is 3.99. The maximum Gasteiger partial charge on any atom is 0.338 e. The van der Waals surface area contributed by atoms with E-state index in [4.69, 9.17) is 15.1 Å². The highest BCUT2D eigenvalue weighted by Crippen LogP contribution is 2.14. The summed E-state index contributed by atoms with van der Waals surface area (Å²) in [5.41, 5.74) is 1.77. The summed E-state index contributed by atoms with van der Waals surface area (Å²) in [6, 6.07) is 6.97. The number of hydrogen-bond acceptors (Lipinski definition) is 4. The predicted octanol–water partition coefficient (Wildman–Crippen LogP) is 1.95. The van der Waals surface area contributed by atoms with Crippen molar-refractivity contribution in [3.63, 3.8) is 0 Å². The van der Waals surface area contributed by atoms with Gasteiger partial charge < -0.3 is 9.84 Å². The largest absolute Gasteiger partial charge is 0.481 e. The smallest absolute Gasteiger partial charge is 0.338 e. The fraction of sp³-hybridized carbons (Fsp3) is 0.357. The Labute approximate surface area is 111 Å². The van der Waals surface area contributed by atoms with Crippen molar-refractivity contribution in [1.82, 2.24) is 0 Å². The van der Waals surface area contributed by atoms with Crippen molar-refractivity contribution in [2.75, 3.05) is 6.61 Å². The molecule has 0 aliphatic carbocycles. The third-order valence-electron chi connectivity index (χ3n) is 2.47. The van der Waals surface area contributed by atoms with Crippen LogP contribution in [-0.2, 0) is 22.4 Å². The van der Waals surface area contributed by atoms with E-state index in [1.807, 2.05) is 6.07 Å². The van der Waals surface area contributed by atoms with E-state index in [1.165, 1.54) is 0 Å². The molecular weight excluding hydrogens is 246 g/mol. The summed E-state index contributed by atoms with van der Waals surface area (Å²) < 4.78 is 4.90. The molecule has 0 saturated carbocycles. The Kier molecular flexibility index (Phi) is 5.55. The summed E-state index contributed by atoms with van der Waals surface area (Å²) in [5.74, 6) is -1.36. The highest BCUT2D eigenvalue weighted by Gasteiger charge is 2.10. The van der Waals surface area contributed by atoms with E-state index in [9.17, 15) is 9.59 Å². The average molecular weight is 261 g/mol. The normalized spacial score (nSPS) is 9.68. The summed E-state index contributed by atoms with van der Waals surface area (Å²) in [7, 11) is 0. The van der Waals surface area contributed by atoms with Crippen LogP contribution in [0.4, 0.5) is 0 Å². The molecule has 0 radical (unpaired) electrons. The van der Waals surface area contributed by atoms with Gasteiger partial charge in [-0.05, 0) is 36.6 Å². The number of carbonyl (C=O) groups is 2. The number of aliphatic carboxylic acids is 1. The number of carboxylic acids is 1. The second-order valence-corrected chi connectivity index (χ2v) is 3.99. The third kappa shape index (κ3) is 4.80. The SMILES string of the molecule is CCOC(=O)c1cc(CC#N)cc(CCC(=O)O)c1. The Balaban J connectivity index is 3.00. The van der Waals surface area contributed by atoms with Gasteiger partial charge in [-0.3, -0.25) is 4.79 Å². The van der Waals surface area contributed by atoms with Crippen molar-refractivity contribution in [3.05, 3.63) is 34.9 Å². The minimum atomic E-state index is -0.900. The third-order valence-corrected chi connectivity index (χ3v) is 2.47. The first-order valence-electron chi connectivity index (χ1n) is 5.95. The highest BCUT2D eigenvalue weighted by atomic mass is 16.5. The van der Waals surface area contributed by atoms with Crippen LogP contribution in [0.25, 0.3) is 0 Å². The fourth-order valence-electron chi connectivity index (χ4n) is 1.68. The van der Waals surface area contributed by atoms with Crippen LogP contribution in [0.2, 0.25) is 0 Å². The van der Waals surface area contributed by atoms with Crippen LogP contribution in [0.15, 0.2) is 18.2 Å². The Morgan fingerprint density at radius 1 is 1.32 bits per heavy atom. The predicted molar refractivity (Wildman–Crippen MR) is 67.7 cm³/mol. The lowest BCUT2D eigenvalue weighted by molar-refractivity contribution is -0.136. The van der Waals surface area contributed by atoms with Gasteiger partial charge in [-0.2, -0.15) is 5.26 Å². The number of carboxylic acid groups (broad SMARTS) is 1. The zero-order chi connectivity index (χ0) is 14.3. The number of rotatable bonds is 6. The molecule has 1 aromatic rings. The van der Waals surface area contributed by atoms with Gasteiger partial charge in [0.05, 0.1) is 24.7 Å². The Morgan fingerprint density at radius 3 is 2.58 bits per heavy atom. The van der Waals surface area contributed by atoms with E-state index in [-0.39, 0.29) is 19.4 Å². The number of carbonyl (C=O) groups excluding carboxylic acids is 1. The number of aryl methyl sites for hydroxylation is 1. The first-order valence-corrected chi connectivity index (χ1v) is 5.95. The molecule has 19 heavy (non-hydrogen) atoms. The van der Waals surface area contributed by atoms with Gasteiger partial charge in [-0.15, -0.1) is 0 Å². The summed E-state index contributed by atoms with van der Waals surface area (Å²) in [6.07, 6.45) is 0.479. The number of nitriles is 1. The molecule has 0 heterocycles. The number of benzene rings is 1. The second kappa shape index (κ2) is 7.17. The molecule has 0 saturated heterocycles. The molecule has 0 spiro atoms. The Bertz CT molecular complexity index is 517. The zero-order valence-corrected chi connectivity index (χ0v) is 10.7. The lowest BCUT2D eigenvalue weighted by Gasteiger charge is -2.07. The maximum atomic E-state index is 11.7. The molecule has 1 rings (SSSR count). The molecule has 5 heteroatoms. The van der Waals surface area contributed by atoms with E-state index in [0.29, 0.717) is 17.5 Å². The molecule has 0 bridgehead atoms. The standard InChI is InChI=1S/C14H15NO4/c1-2-19-14(18)12-8-10(3-4-13(16)17)7-11(9-12)5-6-15/h7-9H,2-5H2,1H3,(H,16,17). The van der Waals surface area contributed by atoms with Gasteiger partial charge in [0, 0.05) is 6.42 Å².